The van der Waals surface area contributed by atoms with Crippen LogP contribution in [-0.2, 0) is 33.1 Å². The fourth-order valence-corrected chi connectivity index (χ4v) is 6.64. The molecule has 0 amide bonds. The Balaban J connectivity index is 0.000000360. The van der Waals surface area contributed by atoms with Gasteiger partial charge in [0.15, 0.2) is 23.0 Å². The van der Waals surface area contributed by atoms with Crippen molar-refractivity contribution >= 4 is 66.7 Å². The van der Waals surface area contributed by atoms with E-state index in [1.165, 1.54) is 77.2 Å². The third kappa shape index (κ3) is 11.6. The topological polar surface area (TPSA) is 232 Å². The van der Waals surface area contributed by atoms with Gasteiger partial charge in [-0.15, -0.1) is 0 Å². The largest absolute Gasteiger partial charge is 2.00 e. The predicted molar refractivity (Wildman–Crippen MR) is 191 cm³/mol. The maximum absolute atomic E-state index is 12.6. The Morgan fingerprint density at radius 2 is 1.00 bits per heavy atom. The van der Waals surface area contributed by atoms with Crippen molar-refractivity contribution in [1.82, 2.24) is 29.9 Å². The maximum Gasteiger partial charge on any atom is 2.00 e. The molecule has 0 saturated carbocycles. The van der Waals surface area contributed by atoms with Gasteiger partial charge in [-0.05, 0) is 46.3 Å². The van der Waals surface area contributed by atoms with Crippen LogP contribution in [0.4, 0.5) is 17.6 Å². The van der Waals surface area contributed by atoms with Crippen LogP contribution in [0.25, 0.3) is 22.1 Å². The molecule has 55 heavy (non-hydrogen) atoms. The first kappa shape index (κ1) is 46.3. The molecule has 0 aliphatic carbocycles. The molecule has 23 heteroatoms. The molecule has 0 spiro atoms. The summed E-state index contributed by atoms with van der Waals surface area (Å²) in [6.07, 6.45) is 3.04. The van der Waals surface area contributed by atoms with E-state index in [1.807, 2.05) is 0 Å². The number of hydrogen-bond acceptors (Lipinski definition) is 12. The van der Waals surface area contributed by atoms with Gasteiger partial charge in [0.25, 0.3) is 0 Å². The first-order valence-corrected chi connectivity index (χ1v) is 17.3. The summed E-state index contributed by atoms with van der Waals surface area (Å²) in [4.78, 5) is 25.0. The molecule has 0 aliphatic rings. The zero-order chi connectivity index (χ0) is 37.4. The Morgan fingerprint density at radius 1 is 0.618 bits per heavy atom. The van der Waals surface area contributed by atoms with Crippen molar-refractivity contribution in [3.63, 3.8) is 0 Å². The summed E-state index contributed by atoms with van der Waals surface area (Å²) in [5.74, 6) is 1.64. The molecule has 4 aromatic heterocycles. The van der Waals surface area contributed by atoms with E-state index < -0.39 is 34.8 Å². The zero-order valence-electron chi connectivity index (χ0n) is 29.3. The molecule has 2 atom stereocenters. The number of aromatic nitrogens is 6. The molecule has 2 aromatic carbocycles. The summed E-state index contributed by atoms with van der Waals surface area (Å²) in [6.45, 7) is -5.87. The molecular weight excluding hydrogens is 793 g/mol. The van der Waals surface area contributed by atoms with E-state index >= 15 is 0 Å². The molecule has 0 aliphatic heterocycles. The van der Waals surface area contributed by atoms with Crippen LogP contribution in [0.5, 0.6) is 34.5 Å². The third-order valence-electron chi connectivity index (χ3n) is 6.88. The summed E-state index contributed by atoms with van der Waals surface area (Å²) >= 11 is 0. The third-order valence-corrected chi connectivity index (χ3v) is 9.13. The normalized spacial score (nSPS) is 11.7. The number of fused-ring (bicyclic) bond motifs is 2. The molecule has 0 radical (unpaired) electrons. The number of ether oxygens (including phenoxy) is 6. The van der Waals surface area contributed by atoms with Crippen molar-refractivity contribution in [3.8, 4) is 34.5 Å². The van der Waals surface area contributed by atoms with Crippen molar-refractivity contribution in [2.24, 2.45) is 0 Å². The average Bonchev–Trinajstić information content (AvgIpc) is 3.75. The molecule has 0 saturated heterocycles. The molecule has 0 bridgehead atoms. The minimum Gasteiger partial charge on any atom is -0.493 e. The van der Waals surface area contributed by atoms with Crippen LogP contribution in [0, 0.1) is 0 Å². The monoisotopic (exact) mass is 824 g/mol. The van der Waals surface area contributed by atoms with Gasteiger partial charge in [0.1, 0.15) is 11.5 Å². The number of imidazole rings is 2. The summed E-state index contributed by atoms with van der Waals surface area (Å²) < 4.78 is 104. The Kier molecular flexibility index (Phi) is 18.0. The molecule has 6 rings (SSSR count). The molecule has 16 nitrogen and oxygen atoms in total. The summed E-state index contributed by atoms with van der Waals surface area (Å²) in [7, 11) is 2.67. The molecule has 0 unspecified atom stereocenters. The van der Waals surface area contributed by atoms with Gasteiger partial charge in [-0.2, -0.15) is 17.6 Å². The van der Waals surface area contributed by atoms with Crippen LogP contribution < -0.4 is 38.4 Å². The predicted octanol–water partition coefficient (Wildman–Crippen LogP) is 3.00. The van der Waals surface area contributed by atoms with Crippen molar-refractivity contribution in [3.05, 3.63) is 72.3 Å². The first-order chi connectivity index (χ1) is 25.0. The van der Waals surface area contributed by atoms with Crippen LogP contribution in [0.2, 0.25) is 0 Å². The minimum absolute atomic E-state index is 0. The Bertz CT molecular complexity index is 2060. The van der Waals surface area contributed by atoms with Crippen molar-refractivity contribution < 1.29 is 65.4 Å². The fourth-order valence-electron chi connectivity index (χ4n) is 4.68. The number of rotatable bonds is 14. The summed E-state index contributed by atoms with van der Waals surface area (Å²) in [5, 5.41) is 0.140. The SMILES string of the molecule is COc1ccnc(C[S@@](=O)c2nc3cc(OC(F)F)ccc3[n-]2)c1OC.COc1ccnc(C[S@@](=O)c2nc3cc(OC(F)F)ccc3[n-]2)c1OC.O.O.[Mg+2]. The molecule has 292 valence electrons. The number of benzene rings is 2. The van der Waals surface area contributed by atoms with Gasteiger partial charge >= 0.3 is 36.3 Å². The second-order valence-electron chi connectivity index (χ2n) is 10.0. The van der Waals surface area contributed by atoms with Crippen LogP contribution in [0.1, 0.15) is 11.4 Å². The Labute approximate surface area is 331 Å². The van der Waals surface area contributed by atoms with E-state index in [-0.39, 0.29) is 67.3 Å². The van der Waals surface area contributed by atoms with Gasteiger partial charge < -0.3 is 59.3 Å². The average molecular weight is 825 g/mol. The van der Waals surface area contributed by atoms with Crippen LogP contribution in [0.3, 0.4) is 0 Å². The molecule has 4 N–H and O–H groups in total. The standard InChI is InChI=1S/2C16H14F2N3O4S.Mg.2H2O/c2*1-23-13-5-6-19-12(14(13)24-2)8-26(22)16-20-10-4-3-9(25-15(17)18)7-11(10)21-16;;;/h2*3-7,15H,8H2,1-2H3;;2*1H2/q2*-1;+2;;/t2*26-;;;/m11.../s1. The van der Waals surface area contributed by atoms with E-state index in [0.717, 1.165) is 0 Å². The number of pyridine rings is 2. The number of hydrogen-bond donors (Lipinski definition) is 0. The quantitative estimate of drug-likeness (QED) is 0.114. The molecule has 4 heterocycles. The van der Waals surface area contributed by atoms with E-state index in [9.17, 15) is 26.0 Å². The number of methoxy groups -OCH3 is 4. The van der Waals surface area contributed by atoms with Gasteiger partial charge in [0.2, 0.25) is 0 Å². The second kappa shape index (κ2) is 21.3. The van der Waals surface area contributed by atoms with Gasteiger partial charge in [-0.1, -0.05) is 12.1 Å². The van der Waals surface area contributed by atoms with Gasteiger partial charge in [-0.25, -0.2) is 0 Å². The Hall–Kier alpha value is -4.81. The molecular formula is C32H32F4MgN6O10S2. The van der Waals surface area contributed by atoms with Gasteiger partial charge in [0, 0.05) is 34.8 Å². The number of alkyl halides is 4. The van der Waals surface area contributed by atoms with Gasteiger partial charge in [0.05, 0.1) is 72.9 Å². The summed E-state index contributed by atoms with van der Waals surface area (Å²) in [5.41, 5.74) is 2.36. The summed E-state index contributed by atoms with van der Waals surface area (Å²) in [6, 6.07) is 11.5. The Morgan fingerprint density at radius 3 is 1.33 bits per heavy atom. The maximum atomic E-state index is 12.6. The molecule has 0 fully saturated rings. The van der Waals surface area contributed by atoms with E-state index in [0.29, 0.717) is 56.5 Å². The zero-order valence-corrected chi connectivity index (χ0v) is 32.4. The smallest absolute Gasteiger partial charge is 0.493 e. The van der Waals surface area contributed by atoms with E-state index in [2.05, 4.69) is 39.4 Å². The molecule has 6 aromatic rings. The minimum atomic E-state index is -2.93. The van der Waals surface area contributed by atoms with Gasteiger partial charge in [-0.3, -0.25) is 18.4 Å². The van der Waals surface area contributed by atoms with E-state index in [4.69, 9.17) is 18.9 Å². The fraction of sp³-hybridized carbons (Fsp3) is 0.250. The van der Waals surface area contributed by atoms with Crippen LogP contribution >= 0.6 is 0 Å². The van der Waals surface area contributed by atoms with Crippen LogP contribution in [0.15, 0.2) is 71.2 Å². The number of halogens is 4. The van der Waals surface area contributed by atoms with Crippen molar-refractivity contribution in [1.29, 1.82) is 0 Å². The number of nitrogens with zero attached hydrogens (tertiary/aromatic N) is 6. The van der Waals surface area contributed by atoms with Crippen molar-refractivity contribution in [2.75, 3.05) is 28.4 Å². The second-order valence-corrected chi connectivity index (χ2v) is 12.7. The first-order valence-electron chi connectivity index (χ1n) is 14.7. The van der Waals surface area contributed by atoms with Crippen LogP contribution in [-0.4, -0.2) is 104 Å². The van der Waals surface area contributed by atoms with E-state index in [1.54, 1.807) is 12.1 Å². The van der Waals surface area contributed by atoms with Crippen molar-refractivity contribution in [2.45, 2.75) is 35.0 Å².